The number of hydrogen-bond acceptors (Lipinski definition) is 3. The summed E-state index contributed by atoms with van der Waals surface area (Å²) in [6, 6.07) is 4.90. The molecule has 0 bridgehead atoms. The van der Waals surface area contributed by atoms with E-state index in [0.29, 0.717) is 6.61 Å². The molecule has 1 aromatic rings. The topological polar surface area (TPSA) is 35.5 Å². The molecule has 4 heteroatoms. The first kappa shape index (κ1) is 21.5. The third kappa shape index (κ3) is 4.60. The average molecular weight is 413 g/mol. The van der Waals surface area contributed by atoms with Crippen LogP contribution in [-0.4, -0.2) is 30.2 Å². The first-order chi connectivity index (χ1) is 14.5. The van der Waals surface area contributed by atoms with E-state index in [1.54, 1.807) is 6.07 Å². The van der Waals surface area contributed by atoms with Gasteiger partial charge in [0.05, 0.1) is 23.4 Å². The number of Topliss-reactive ketones (excluding diaryl/α,β-unsaturated/α-hetero) is 1. The van der Waals surface area contributed by atoms with Gasteiger partial charge in [-0.3, -0.25) is 4.79 Å². The number of hydrogen-bond donors (Lipinski definition) is 0. The van der Waals surface area contributed by atoms with Crippen LogP contribution in [0.25, 0.3) is 0 Å². The lowest BCUT2D eigenvalue weighted by molar-refractivity contribution is -0.177. The molecule has 0 radical (unpaired) electrons. The van der Waals surface area contributed by atoms with Gasteiger partial charge in [-0.05, 0) is 75.6 Å². The number of ketones is 1. The smallest absolute Gasteiger partial charge is 0.168 e. The van der Waals surface area contributed by atoms with Crippen LogP contribution in [-0.2, 0) is 9.47 Å². The summed E-state index contributed by atoms with van der Waals surface area (Å²) in [4.78, 5) is 13.0. The third-order valence-electron chi connectivity index (χ3n) is 6.99. The average Bonchev–Trinajstić information content (AvgIpc) is 2.74. The summed E-state index contributed by atoms with van der Waals surface area (Å²) < 4.78 is 27.1. The van der Waals surface area contributed by atoms with Crippen molar-refractivity contribution in [3.8, 4) is 0 Å². The molecule has 1 aromatic carbocycles. The Labute approximate surface area is 179 Å². The fourth-order valence-electron chi connectivity index (χ4n) is 5.38. The number of ether oxygens (including phenoxy) is 2. The zero-order valence-corrected chi connectivity index (χ0v) is 18.2. The molecule has 1 heterocycles. The van der Waals surface area contributed by atoms with E-state index in [-0.39, 0.29) is 35.1 Å². The number of carbonyl (C=O) groups excluding carboxylic acids is 1. The summed E-state index contributed by atoms with van der Waals surface area (Å²) in [5.41, 5.74) is 2.20. The molecule has 2 fully saturated rings. The van der Waals surface area contributed by atoms with Crippen molar-refractivity contribution < 1.29 is 18.7 Å². The van der Waals surface area contributed by atoms with Gasteiger partial charge in [0.2, 0.25) is 0 Å². The summed E-state index contributed by atoms with van der Waals surface area (Å²) in [5.74, 6) is -0.585. The predicted octanol–water partition coefficient (Wildman–Crippen LogP) is 6.11. The van der Waals surface area contributed by atoms with Gasteiger partial charge in [0.1, 0.15) is 5.82 Å². The SMILES string of the molecule is CCOC1CC(C2=CC=CCC2)OC2(CCC(C(=O)c3ccc(C)cc3F)CC2)C1. The van der Waals surface area contributed by atoms with Crippen molar-refractivity contribution >= 4 is 5.78 Å². The number of benzene rings is 1. The molecule has 1 spiro atoms. The zero-order chi connectivity index (χ0) is 21.1. The van der Waals surface area contributed by atoms with Gasteiger partial charge in [-0.15, -0.1) is 0 Å². The van der Waals surface area contributed by atoms with Gasteiger partial charge in [-0.2, -0.15) is 0 Å². The van der Waals surface area contributed by atoms with E-state index < -0.39 is 5.82 Å². The molecule has 2 atom stereocenters. The molecule has 2 aliphatic carbocycles. The van der Waals surface area contributed by atoms with Crippen LogP contribution >= 0.6 is 0 Å². The van der Waals surface area contributed by atoms with Crippen LogP contribution in [0.4, 0.5) is 4.39 Å². The summed E-state index contributed by atoms with van der Waals surface area (Å²) in [7, 11) is 0. The monoisotopic (exact) mass is 412 g/mol. The first-order valence-electron chi connectivity index (χ1n) is 11.4. The molecule has 30 heavy (non-hydrogen) atoms. The highest BCUT2D eigenvalue weighted by Crippen LogP contribution is 2.45. The molecule has 162 valence electrons. The summed E-state index contributed by atoms with van der Waals surface area (Å²) in [5, 5.41) is 0. The van der Waals surface area contributed by atoms with Crippen LogP contribution in [0.15, 0.2) is 42.0 Å². The highest BCUT2D eigenvalue weighted by molar-refractivity contribution is 5.98. The Morgan fingerprint density at radius 3 is 2.77 bits per heavy atom. The predicted molar refractivity (Wildman–Crippen MR) is 116 cm³/mol. The molecule has 1 aliphatic heterocycles. The Kier molecular flexibility index (Phi) is 6.54. The van der Waals surface area contributed by atoms with E-state index in [2.05, 4.69) is 18.2 Å². The van der Waals surface area contributed by atoms with E-state index in [4.69, 9.17) is 9.47 Å². The molecule has 1 saturated heterocycles. The lowest BCUT2D eigenvalue weighted by atomic mass is 9.71. The van der Waals surface area contributed by atoms with Crippen molar-refractivity contribution in [3.05, 3.63) is 58.9 Å². The molecule has 0 amide bonds. The standard InChI is InChI=1S/C26H33FO3/c1-3-29-21-16-24(19-7-5-4-6-8-19)30-26(17-21)13-11-20(12-14-26)25(28)22-10-9-18(2)15-23(22)27/h4-5,7,9-10,15,20-21,24H,3,6,8,11-14,16-17H2,1-2H3. The maximum atomic E-state index is 14.3. The van der Waals surface area contributed by atoms with E-state index in [0.717, 1.165) is 56.9 Å². The Bertz CT molecular complexity index is 833. The molecular weight excluding hydrogens is 379 g/mol. The molecule has 1 saturated carbocycles. The van der Waals surface area contributed by atoms with Crippen LogP contribution < -0.4 is 0 Å². The largest absolute Gasteiger partial charge is 0.378 e. The van der Waals surface area contributed by atoms with Gasteiger partial charge < -0.3 is 9.47 Å². The van der Waals surface area contributed by atoms with Crippen molar-refractivity contribution in [3.63, 3.8) is 0 Å². The van der Waals surface area contributed by atoms with Gasteiger partial charge in [0.25, 0.3) is 0 Å². The maximum Gasteiger partial charge on any atom is 0.168 e. The van der Waals surface area contributed by atoms with Crippen molar-refractivity contribution in [1.82, 2.24) is 0 Å². The number of aryl methyl sites for hydroxylation is 1. The maximum absolute atomic E-state index is 14.3. The van der Waals surface area contributed by atoms with Crippen molar-refractivity contribution in [1.29, 1.82) is 0 Å². The van der Waals surface area contributed by atoms with E-state index in [1.165, 1.54) is 11.6 Å². The van der Waals surface area contributed by atoms with Gasteiger partial charge in [0, 0.05) is 25.4 Å². The summed E-state index contributed by atoms with van der Waals surface area (Å²) in [6.45, 7) is 4.59. The van der Waals surface area contributed by atoms with Gasteiger partial charge >= 0.3 is 0 Å². The van der Waals surface area contributed by atoms with Gasteiger partial charge in [-0.25, -0.2) is 4.39 Å². The normalized spacial score (nSPS) is 31.6. The quantitative estimate of drug-likeness (QED) is 0.548. The summed E-state index contributed by atoms with van der Waals surface area (Å²) >= 11 is 0. The van der Waals surface area contributed by atoms with Crippen LogP contribution in [0.3, 0.4) is 0 Å². The first-order valence-corrected chi connectivity index (χ1v) is 11.4. The molecule has 3 nitrogen and oxygen atoms in total. The van der Waals surface area contributed by atoms with Crippen molar-refractivity contribution in [2.75, 3.05) is 6.61 Å². The second-order valence-electron chi connectivity index (χ2n) is 9.14. The Morgan fingerprint density at radius 2 is 2.10 bits per heavy atom. The van der Waals surface area contributed by atoms with Crippen LogP contribution in [0, 0.1) is 18.7 Å². The minimum atomic E-state index is -0.400. The second kappa shape index (κ2) is 9.15. The van der Waals surface area contributed by atoms with Crippen molar-refractivity contribution in [2.24, 2.45) is 5.92 Å². The molecule has 0 aromatic heterocycles. The Hall–Kier alpha value is -1.78. The molecular formula is C26H33FO3. The van der Waals surface area contributed by atoms with Crippen LogP contribution in [0.1, 0.15) is 74.2 Å². The second-order valence-corrected chi connectivity index (χ2v) is 9.14. The van der Waals surface area contributed by atoms with Gasteiger partial charge in [0.15, 0.2) is 5.78 Å². The number of allylic oxidation sites excluding steroid dienone is 3. The highest BCUT2D eigenvalue weighted by atomic mass is 19.1. The third-order valence-corrected chi connectivity index (χ3v) is 6.99. The van der Waals surface area contributed by atoms with E-state index in [9.17, 15) is 9.18 Å². The Morgan fingerprint density at radius 1 is 1.30 bits per heavy atom. The lowest BCUT2D eigenvalue weighted by Gasteiger charge is -2.48. The number of carbonyl (C=O) groups is 1. The minimum absolute atomic E-state index is 0.0591. The molecule has 4 rings (SSSR count). The molecule has 3 aliphatic rings. The fraction of sp³-hybridized carbons (Fsp3) is 0.577. The summed E-state index contributed by atoms with van der Waals surface area (Å²) in [6.07, 6.45) is 13.9. The van der Waals surface area contributed by atoms with Crippen LogP contribution in [0.5, 0.6) is 0 Å². The van der Waals surface area contributed by atoms with Crippen molar-refractivity contribution in [2.45, 2.75) is 83.0 Å². The lowest BCUT2D eigenvalue weighted by Crippen LogP contribution is -2.50. The molecule has 0 N–H and O–H groups in total. The number of halogens is 1. The fourth-order valence-corrected chi connectivity index (χ4v) is 5.38. The number of rotatable bonds is 5. The minimum Gasteiger partial charge on any atom is -0.378 e. The van der Waals surface area contributed by atoms with Crippen LogP contribution in [0.2, 0.25) is 0 Å². The van der Waals surface area contributed by atoms with E-state index >= 15 is 0 Å². The van der Waals surface area contributed by atoms with E-state index in [1.807, 2.05) is 19.9 Å². The highest BCUT2D eigenvalue weighted by Gasteiger charge is 2.46. The molecule has 2 unspecified atom stereocenters. The Balaban J connectivity index is 1.46. The zero-order valence-electron chi connectivity index (χ0n) is 18.2. The van der Waals surface area contributed by atoms with Gasteiger partial charge in [-0.1, -0.05) is 24.3 Å².